The van der Waals surface area contributed by atoms with Gasteiger partial charge in [-0.15, -0.1) is 0 Å². The zero-order valence-corrected chi connectivity index (χ0v) is 32.3. The second-order valence-electron chi connectivity index (χ2n) is 16.3. The van der Waals surface area contributed by atoms with Gasteiger partial charge in [-0.2, -0.15) is 0 Å². The number of quaternary nitrogens is 1. The van der Waals surface area contributed by atoms with Crippen molar-refractivity contribution in [3.05, 3.63) is 46.5 Å². The van der Waals surface area contributed by atoms with Crippen molar-refractivity contribution in [1.29, 1.82) is 0 Å². The van der Waals surface area contributed by atoms with E-state index in [1.807, 2.05) is 52.0 Å². The Labute approximate surface area is 313 Å². The van der Waals surface area contributed by atoms with Crippen LogP contribution in [-0.2, 0) is 43.2 Å². The average molecular weight is 760 g/mol. The van der Waals surface area contributed by atoms with Crippen LogP contribution in [0.25, 0.3) is 0 Å². The molecule has 0 spiro atoms. The largest absolute Gasteiger partial charge is 0.444 e. The number of amides is 6. The first-order valence-electron chi connectivity index (χ1n) is 18.4. The normalized spacial score (nSPS) is 29.7. The topological polar surface area (TPSA) is 162 Å². The van der Waals surface area contributed by atoms with Gasteiger partial charge >= 0.3 is 12.1 Å². The Morgan fingerprint density at radius 2 is 1.88 bits per heavy atom. The number of carbonyl (C=O) groups is 5. The van der Waals surface area contributed by atoms with Gasteiger partial charge in [0.15, 0.2) is 6.04 Å². The van der Waals surface area contributed by atoms with Gasteiger partial charge in [-0.1, -0.05) is 42.3 Å². The van der Waals surface area contributed by atoms with E-state index in [1.54, 1.807) is 18.0 Å². The molecule has 13 nitrogen and oxygen atoms in total. The number of hydrogen-bond acceptors (Lipinski definition) is 7. The maximum absolute atomic E-state index is 14.5. The maximum Gasteiger partial charge on any atom is 0.416 e. The van der Waals surface area contributed by atoms with Crippen LogP contribution in [0, 0.1) is 5.92 Å². The van der Waals surface area contributed by atoms with Gasteiger partial charge in [0.25, 0.3) is 11.8 Å². The molecule has 1 saturated heterocycles. The van der Waals surface area contributed by atoms with E-state index in [1.165, 1.54) is 15.1 Å². The monoisotopic (exact) mass is 759 g/mol. The summed E-state index contributed by atoms with van der Waals surface area (Å²) >= 11 is 6.38. The first-order valence-corrected chi connectivity index (χ1v) is 19.9. The standard InChI is InChI=1S/C37H51ClN6O7S/c1-35(2,3)42(5)33(48)39-28-15-10-8-6-7-9-13-24-19-37(24,32(47)41-52(50)36(4)16-17-36)40-30(45)29-18-25(21-44(29)31(28)46)51-34(49)43-20-23-12-11-14-27(38)26(23)22-43/h9,11-14,24-25,28-29H,6-8,10,15-22H2,1-5H3,(H,39,48)(H,40,45)(H,41,47)/p+1/b13-9-/t24-,25-,28+,29+,37-,52?/m1/s1. The van der Waals surface area contributed by atoms with E-state index in [0.717, 1.165) is 43.2 Å². The second kappa shape index (κ2) is 14.7. The smallest absolute Gasteiger partial charge is 0.416 e. The molecule has 0 bridgehead atoms. The van der Waals surface area contributed by atoms with Crippen LogP contribution in [0.3, 0.4) is 0 Å². The van der Waals surface area contributed by atoms with Gasteiger partial charge in [-0.05, 0) is 83.4 Å². The second-order valence-corrected chi connectivity index (χ2v) is 18.4. The van der Waals surface area contributed by atoms with E-state index in [0.29, 0.717) is 30.8 Å². The highest BCUT2D eigenvalue weighted by Crippen LogP contribution is 2.47. The van der Waals surface area contributed by atoms with Crippen molar-refractivity contribution in [3.63, 3.8) is 0 Å². The number of carbonyl (C=O) groups excluding carboxylic acids is 5. The first-order chi connectivity index (χ1) is 24.5. The number of nitrogens with zero attached hydrogens (tertiary/aromatic N) is 3. The molecule has 2 saturated carbocycles. The van der Waals surface area contributed by atoms with Crippen molar-refractivity contribution in [2.75, 3.05) is 13.6 Å². The van der Waals surface area contributed by atoms with Crippen molar-refractivity contribution in [3.8, 4) is 0 Å². The summed E-state index contributed by atoms with van der Waals surface area (Å²) in [5.41, 5.74) is -0.0235. The zero-order chi connectivity index (χ0) is 37.6. The lowest BCUT2D eigenvalue weighted by Crippen LogP contribution is -2.98. The molecule has 3 aliphatic heterocycles. The SMILES string of the molecule is CN(C(=O)[NH2+][C@H]1CCCCC/C=C\[C@@H]2C[C@@]2(C(=O)NS(=O)C2(C)CC2)NC(=O)[C@@H]2C[C@@H](OC(=O)N3Cc4cccc(Cl)c4C3)CN2C1=O)C(C)(C)C. The number of nitrogens with two attached hydrogens (primary N) is 1. The number of primary amides is 1. The van der Waals surface area contributed by atoms with Gasteiger partial charge in [-0.25, -0.2) is 13.8 Å². The molecule has 284 valence electrons. The number of halogens is 1. The van der Waals surface area contributed by atoms with E-state index in [9.17, 15) is 28.2 Å². The number of hydrogen-bond donors (Lipinski definition) is 3. The maximum atomic E-state index is 14.5. The van der Waals surface area contributed by atoms with E-state index in [4.69, 9.17) is 16.3 Å². The summed E-state index contributed by atoms with van der Waals surface area (Å²) in [5.74, 6) is -1.79. The van der Waals surface area contributed by atoms with Gasteiger partial charge < -0.3 is 15.0 Å². The lowest BCUT2D eigenvalue weighted by Gasteiger charge is -2.32. The highest BCUT2D eigenvalue weighted by Gasteiger charge is 2.62. The molecule has 1 aromatic carbocycles. The molecule has 5 aliphatic rings. The van der Waals surface area contributed by atoms with Gasteiger partial charge in [0.2, 0.25) is 5.91 Å². The van der Waals surface area contributed by atoms with Crippen LogP contribution in [0.15, 0.2) is 30.4 Å². The van der Waals surface area contributed by atoms with E-state index in [2.05, 4.69) is 10.0 Å². The summed E-state index contributed by atoms with van der Waals surface area (Å²) in [6.45, 7) is 8.14. The van der Waals surface area contributed by atoms with Crippen LogP contribution in [0.5, 0.6) is 0 Å². The van der Waals surface area contributed by atoms with Crippen molar-refractivity contribution in [1.82, 2.24) is 24.7 Å². The van der Waals surface area contributed by atoms with Crippen molar-refractivity contribution >= 4 is 52.4 Å². The molecule has 0 radical (unpaired) electrons. The predicted octanol–water partition coefficient (Wildman–Crippen LogP) is 3.27. The van der Waals surface area contributed by atoms with Crippen LogP contribution in [0.1, 0.15) is 96.6 Å². The Balaban J connectivity index is 1.25. The third kappa shape index (κ3) is 8.03. The molecular weight excluding hydrogens is 708 g/mol. The highest BCUT2D eigenvalue weighted by atomic mass is 35.5. The summed E-state index contributed by atoms with van der Waals surface area (Å²) in [6, 6.07) is 3.33. The Morgan fingerprint density at radius 3 is 2.58 bits per heavy atom. The van der Waals surface area contributed by atoms with Crippen LogP contribution in [0.2, 0.25) is 5.02 Å². The average Bonchev–Trinajstić information content (AvgIpc) is 3.87. The molecule has 6 atom stereocenters. The minimum absolute atomic E-state index is 0.00955. The quantitative estimate of drug-likeness (QED) is 0.389. The predicted molar refractivity (Wildman–Crippen MR) is 195 cm³/mol. The molecule has 2 aliphatic carbocycles. The molecule has 52 heavy (non-hydrogen) atoms. The number of nitrogens with one attached hydrogen (secondary N) is 2. The minimum Gasteiger partial charge on any atom is -0.444 e. The van der Waals surface area contributed by atoms with Crippen LogP contribution in [0.4, 0.5) is 9.59 Å². The summed E-state index contributed by atoms with van der Waals surface area (Å²) in [6.07, 6.45) is 7.91. The first kappa shape index (κ1) is 38.2. The number of fused-ring (bicyclic) bond motifs is 3. The van der Waals surface area contributed by atoms with E-state index in [-0.39, 0.29) is 31.5 Å². The third-order valence-corrected chi connectivity index (χ3v) is 13.4. The van der Waals surface area contributed by atoms with Crippen molar-refractivity contribution in [2.24, 2.45) is 5.92 Å². The van der Waals surface area contributed by atoms with Crippen LogP contribution in [-0.4, -0.2) is 96.4 Å². The number of allylic oxidation sites excluding steroid dienone is 1. The summed E-state index contributed by atoms with van der Waals surface area (Å²) in [7, 11) is 0.0834. The summed E-state index contributed by atoms with van der Waals surface area (Å²) in [4.78, 5) is 74.1. The summed E-state index contributed by atoms with van der Waals surface area (Å²) < 4.78 is 21.2. The van der Waals surface area contributed by atoms with E-state index < -0.39 is 68.8 Å². The van der Waals surface area contributed by atoms with Gasteiger partial charge in [-0.3, -0.25) is 34.2 Å². The Bertz CT molecular complexity index is 1680. The summed E-state index contributed by atoms with van der Waals surface area (Å²) in [5, 5.41) is 4.98. The molecule has 1 aromatic rings. The fourth-order valence-corrected chi connectivity index (χ4v) is 8.54. The molecule has 3 heterocycles. The van der Waals surface area contributed by atoms with Crippen LogP contribution >= 0.6 is 11.6 Å². The minimum atomic E-state index is -1.61. The Kier molecular flexibility index (Phi) is 10.8. The molecule has 15 heteroatoms. The van der Waals surface area contributed by atoms with Gasteiger partial charge in [0, 0.05) is 42.9 Å². The molecule has 1 unspecified atom stereocenters. The van der Waals surface area contributed by atoms with Gasteiger partial charge in [0.1, 0.15) is 28.7 Å². The van der Waals surface area contributed by atoms with Crippen LogP contribution < -0.4 is 15.4 Å². The fourth-order valence-electron chi connectivity index (χ4n) is 7.22. The molecule has 4 N–H and O–H groups in total. The lowest BCUT2D eigenvalue weighted by molar-refractivity contribution is -0.590. The number of urea groups is 1. The Morgan fingerprint density at radius 1 is 1.13 bits per heavy atom. The number of benzene rings is 1. The zero-order valence-electron chi connectivity index (χ0n) is 30.7. The van der Waals surface area contributed by atoms with Crippen molar-refractivity contribution < 1.29 is 38.2 Å². The molecule has 3 fully saturated rings. The molecule has 0 aromatic heterocycles. The molecule has 6 amide bonds. The van der Waals surface area contributed by atoms with E-state index >= 15 is 0 Å². The Hall–Kier alpha value is -3.49. The van der Waals surface area contributed by atoms with Crippen molar-refractivity contribution in [2.45, 2.75) is 133 Å². The van der Waals surface area contributed by atoms with Gasteiger partial charge in [0.05, 0.1) is 17.8 Å². The number of rotatable bonds is 5. The fraction of sp³-hybridized carbons (Fsp3) is 0.649. The highest BCUT2D eigenvalue weighted by molar-refractivity contribution is 7.85. The number of ether oxygens (including phenoxy) is 1. The lowest BCUT2D eigenvalue weighted by atomic mass is 10.0. The third-order valence-electron chi connectivity index (χ3n) is 11.4. The molecular formula is C37H52ClN6O7S+. The molecule has 6 rings (SSSR count).